The van der Waals surface area contributed by atoms with Gasteiger partial charge in [0.05, 0.1) is 24.5 Å². The lowest BCUT2D eigenvalue weighted by Gasteiger charge is -2.10. The Hall–Kier alpha value is -1.40. The molecule has 0 aliphatic heterocycles. The van der Waals surface area contributed by atoms with Crippen molar-refractivity contribution < 1.29 is 19.4 Å². The Morgan fingerprint density at radius 1 is 1.44 bits per heavy atom. The van der Waals surface area contributed by atoms with E-state index in [9.17, 15) is 14.7 Å². The predicted molar refractivity (Wildman–Crippen MR) is 69.0 cm³/mol. The van der Waals surface area contributed by atoms with Gasteiger partial charge in [-0.1, -0.05) is 11.6 Å². The number of hydrogen-bond donors (Lipinski definition) is 1. The summed E-state index contributed by atoms with van der Waals surface area (Å²) in [6.45, 7) is 0. The zero-order valence-electron chi connectivity index (χ0n) is 9.57. The number of carbonyl (C=O) groups is 2. The minimum absolute atomic E-state index is 0.0175. The number of ether oxygens (including phenoxy) is 1. The Morgan fingerprint density at radius 2 is 2.17 bits per heavy atom. The largest absolute Gasteiger partial charge is 0.549 e. The first-order valence-corrected chi connectivity index (χ1v) is 6.47. The number of nitrogens with one attached hydrogen (secondary N) is 1. The number of methoxy groups -OCH3 is 1. The van der Waals surface area contributed by atoms with Crippen LogP contribution in [0.1, 0.15) is 0 Å². The van der Waals surface area contributed by atoms with Crippen LogP contribution in [0, 0.1) is 0 Å². The van der Waals surface area contributed by atoms with Crippen molar-refractivity contribution in [1.29, 1.82) is 0 Å². The van der Waals surface area contributed by atoms with Crippen molar-refractivity contribution in [3.05, 3.63) is 23.2 Å². The van der Waals surface area contributed by atoms with E-state index in [0.717, 1.165) is 11.8 Å². The third-order valence-corrected chi connectivity index (χ3v) is 3.03. The molecule has 0 aromatic heterocycles. The summed E-state index contributed by atoms with van der Waals surface area (Å²) in [4.78, 5) is 21.7. The molecule has 0 unspecified atom stereocenters. The number of anilines is 1. The number of rotatable bonds is 6. The van der Waals surface area contributed by atoms with E-state index in [1.54, 1.807) is 18.2 Å². The first kappa shape index (κ1) is 14.7. The van der Waals surface area contributed by atoms with Gasteiger partial charge in [-0.2, -0.15) is 0 Å². The second-order valence-corrected chi connectivity index (χ2v) is 4.68. The number of thioether (sulfide) groups is 1. The molecule has 1 N–H and O–H groups in total. The van der Waals surface area contributed by atoms with Crippen LogP contribution in [0.2, 0.25) is 5.02 Å². The van der Waals surface area contributed by atoms with Crippen LogP contribution < -0.4 is 15.2 Å². The normalized spacial score (nSPS) is 9.89. The van der Waals surface area contributed by atoms with Gasteiger partial charge in [0.25, 0.3) is 0 Å². The highest BCUT2D eigenvalue weighted by molar-refractivity contribution is 8.00. The zero-order chi connectivity index (χ0) is 13.5. The molecular weight excluding hydrogens is 278 g/mol. The molecule has 0 atom stereocenters. The molecule has 0 heterocycles. The number of halogens is 1. The molecular formula is C11H11ClNO4S-. The SMILES string of the molecule is COc1ccc(Cl)cc1NC(=O)CSCC(=O)[O-]. The molecule has 1 amide bonds. The Balaban J connectivity index is 2.58. The van der Waals surface area contributed by atoms with E-state index < -0.39 is 5.97 Å². The Bertz CT molecular complexity index is 453. The number of benzene rings is 1. The van der Waals surface area contributed by atoms with Crippen LogP contribution in [-0.4, -0.2) is 30.5 Å². The van der Waals surface area contributed by atoms with Crippen molar-refractivity contribution in [2.24, 2.45) is 0 Å². The average Bonchev–Trinajstić information content (AvgIpc) is 2.28. The summed E-state index contributed by atoms with van der Waals surface area (Å²) in [7, 11) is 1.48. The van der Waals surface area contributed by atoms with Crippen molar-refractivity contribution in [3.63, 3.8) is 0 Å². The van der Waals surface area contributed by atoms with E-state index in [0.29, 0.717) is 16.5 Å². The van der Waals surface area contributed by atoms with E-state index >= 15 is 0 Å². The topological polar surface area (TPSA) is 78.5 Å². The molecule has 98 valence electrons. The maximum absolute atomic E-state index is 11.5. The molecule has 1 aromatic carbocycles. The standard InChI is InChI=1S/C11H12ClNO4S/c1-17-9-3-2-7(12)4-8(9)13-10(14)5-18-6-11(15)16/h2-4H,5-6H2,1H3,(H,13,14)(H,15,16)/p-1. The summed E-state index contributed by atoms with van der Waals surface area (Å²) in [5.41, 5.74) is 0.448. The summed E-state index contributed by atoms with van der Waals surface area (Å²) < 4.78 is 5.06. The van der Waals surface area contributed by atoms with Crippen LogP contribution in [0.25, 0.3) is 0 Å². The minimum atomic E-state index is -1.20. The van der Waals surface area contributed by atoms with Crippen LogP contribution in [0.4, 0.5) is 5.69 Å². The fraction of sp³-hybridized carbons (Fsp3) is 0.273. The molecule has 0 aliphatic rings. The van der Waals surface area contributed by atoms with Crippen LogP contribution in [0.5, 0.6) is 5.75 Å². The van der Waals surface area contributed by atoms with Gasteiger partial charge in [-0.25, -0.2) is 0 Å². The van der Waals surface area contributed by atoms with Crippen LogP contribution in [-0.2, 0) is 9.59 Å². The molecule has 0 spiro atoms. The molecule has 7 heteroatoms. The van der Waals surface area contributed by atoms with Gasteiger partial charge >= 0.3 is 0 Å². The summed E-state index contributed by atoms with van der Waals surface area (Å²) in [6.07, 6.45) is 0. The van der Waals surface area contributed by atoms with Gasteiger partial charge in [0.1, 0.15) is 5.75 Å². The summed E-state index contributed by atoms with van der Waals surface area (Å²) >= 11 is 6.76. The molecule has 0 bridgehead atoms. The first-order chi connectivity index (χ1) is 8.52. The number of carboxylic acid groups (broad SMARTS) is 1. The molecule has 1 rings (SSSR count). The third-order valence-electron chi connectivity index (χ3n) is 1.89. The number of aliphatic carboxylic acids is 1. The summed E-state index contributed by atoms with van der Waals surface area (Å²) in [6, 6.07) is 4.83. The third kappa shape index (κ3) is 4.85. The molecule has 0 fully saturated rings. The first-order valence-electron chi connectivity index (χ1n) is 4.94. The molecule has 0 radical (unpaired) electrons. The average molecular weight is 289 g/mol. The molecule has 5 nitrogen and oxygen atoms in total. The van der Waals surface area contributed by atoms with Crippen LogP contribution in [0.3, 0.4) is 0 Å². The lowest BCUT2D eigenvalue weighted by atomic mass is 10.3. The lowest BCUT2D eigenvalue weighted by molar-refractivity contribution is -0.301. The fourth-order valence-electron chi connectivity index (χ4n) is 1.19. The lowest BCUT2D eigenvalue weighted by Crippen LogP contribution is -2.25. The van der Waals surface area contributed by atoms with Gasteiger partial charge in [0.15, 0.2) is 0 Å². The Labute approximate surface area is 113 Å². The fourth-order valence-corrected chi connectivity index (χ4v) is 1.89. The zero-order valence-corrected chi connectivity index (χ0v) is 11.1. The van der Waals surface area contributed by atoms with E-state index in [-0.39, 0.29) is 17.4 Å². The monoisotopic (exact) mass is 288 g/mol. The second-order valence-electron chi connectivity index (χ2n) is 3.26. The van der Waals surface area contributed by atoms with Gasteiger partial charge < -0.3 is 20.0 Å². The Kier molecular flexibility index (Phi) is 5.80. The van der Waals surface area contributed by atoms with E-state index in [1.807, 2.05) is 0 Å². The van der Waals surface area contributed by atoms with E-state index in [2.05, 4.69) is 5.32 Å². The second kappa shape index (κ2) is 7.13. The number of amides is 1. The van der Waals surface area contributed by atoms with Crippen molar-refractivity contribution in [3.8, 4) is 5.75 Å². The smallest absolute Gasteiger partial charge is 0.234 e. The molecule has 18 heavy (non-hydrogen) atoms. The van der Waals surface area contributed by atoms with Gasteiger partial charge in [-0.15, -0.1) is 11.8 Å². The number of carbonyl (C=O) groups excluding carboxylic acids is 2. The van der Waals surface area contributed by atoms with E-state index in [4.69, 9.17) is 16.3 Å². The van der Waals surface area contributed by atoms with Gasteiger partial charge in [0.2, 0.25) is 5.91 Å². The molecule has 0 aliphatic carbocycles. The molecule has 0 saturated carbocycles. The van der Waals surface area contributed by atoms with Gasteiger partial charge in [-0.05, 0) is 18.2 Å². The maximum Gasteiger partial charge on any atom is 0.234 e. The van der Waals surface area contributed by atoms with Gasteiger partial charge in [0, 0.05) is 10.8 Å². The van der Waals surface area contributed by atoms with Crippen molar-refractivity contribution in [2.75, 3.05) is 23.9 Å². The number of carboxylic acids is 1. The minimum Gasteiger partial charge on any atom is -0.549 e. The highest BCUT2D eigenvalue weighted by Crippen LogP contribution is 2.27. The van der Waals surface area contributed by atoms with Crippen LogP contribution >= 0.6 is 23.4 Å². The highest BCUT2D eigenvalue weighted by atomic mass is 35.5. The summed E-state index contributed by atoms with van der Waals surface area (Å²) in [5.74, 6) is -1.25. The van der Waals surface area contributed by atoms with Crippen molar-refractivity contribution >= 4 is 40.9 Å². The number of hydrogen-bond acceptors (Lipinski definition) is 5. The van der Waals surface area contributed by atoms with Crippen molar-refractivity contribution in [1.82, 2.24) is 0 Å². The summed E-state index contributed by atoms with van der Waals surface area (Å²) in [5, 5.41) is 13.2. The van der Waals surface area contributed by atoms with Crippen molar-refractivity contribution in [2.45, 2.75) is 0 Å². The molecule has 1 aromatic rings. The quantitative estimate of drug-likeness (QED) is 0.836. The Morgan fingerprint density at radius 3 is 2.78 bits per heavy atom. The molecule has 0 saturated heterocycles. The highest BCUT2D eigenvalue weighted by Gasteiger charge is 2.08. The predicted octanol–water partition coefficient (Wildman–Crippen LogP) is 0.770. The maximum atomic E-state index is 11.5. The van der Waals surface area contributed by atoms with E-state index in [1.165, 1.54) is 7.11 Å². The van der Waals surface area contributed by atoms with Crippen LogP contribution in [0.15, 0.2) is 18.2 Å². The van der Waals surface area contributed by atoms with Gasteiger partial charge in [-0.3, -0.25) is 4.79 Å².